The maximum absolute atomic E-state index is 13.3. The number of benzene rings is 2. The lowest BCUT2D eigenvalue weighted by molar-refractivity contribution is -0.304. The van der Waals surface area contributed by atoms with Crippen molar-refractivity contribution in [3.8, 4) is 11.8 Å². The average molecular weight is 485 g/mol. The number of alkyl halides is 6. The Hall–Kier alpha value is -4.01. The highest BCUT2D eigenvalue weighted by Gasteiger charge is 2.59. The molecule has 2 aromatic carbocycles. The van der Waals surface area contributed by atoms with E-state index in [0.29, 0.717) is 5.56 Å². The molecular formula is C22H17F6N3O3. The van der Waals surface area contributed by atoms with E-state index in [4.69, 9.17) is 0 Å². The smallest absolute Gasteiger partial charge is 0.430 e. The van der Waals surface area contributed by atoms with E-state index >= 15 is 0 Å². The first-order valence-electron chi connectivity index (χ1n) is 9.37. The minimum absolute atomic E-state index is 0.155. The number of nitriles is 1. The lowest BCUT2D eigenvalue weighted by atomic mass is 10.1. The predicted molar refractivity (Wildman–Crippen MR) is 110 cm³/mol. The van der Waals surface area contributed by atoms with Crippen molar-refractivity contribution in [3.63, 3.8) is 0 Å². The van der Waals surface area contributed by atoms with Gasteiger partial charge < -0.3 is 15.0 Å². The minimum Gasteiger partial charge on any atom is -0.430 e. The van der Waals surface area contributed by atoms with Crippen LogP contribution in [0.4, 0.5) is 32.0 Å². The summed E-state index contributed by atoms with van der Waals surface area (Å²) in [6.07, 6.45) is -14.4. The second kappa shape index (κ2) is 10.3. The summed E-state index contributed by atoms with van der Waals surface area (Å²) >= 11 is 0. The first-order chi connectivity index (χ1) is 15.7. The van der Waals surface area contributed by atoms with Gasteiger partial charge in [-0.1, -0.05) is 12.1 Å². The topological polar surface area (TPSA) is 82.4 Å². The van der Waals surface area contributed by atoms with Crippen molar-refractivity contribution in [3.05, 3.63) is 65.2 Å². The minimum atomic E-state index is -5.82. The SMILES string of the molecule is CN(C)C(=O)c1ccc(NC(=O)/C(C#N)=C/c2ccc(OC(F)(F)C(F)C(F)(F)F)cc2)cc1. The van der Waals surface area contributed by atoms with Gasteiger partial charge in [-0.3, -0.25) is 9.59 Å². The third kappa shape index (κ3) is 6.74. The molecule has 0 heterocycles. The molecule has 180 valence electrons. The lowest BCUT2D eigenvalue weighted by Gasteiger charge is -2.23. The molecule has 0 aliphatic rings. The Balaban J connectivity index is 2.11. The van der Waals surface area contributed by atoms with Crippen molar-refractivity contribution >= 4 is 23.6 Å². The number of amides is 2. The third-order valence-electron chi connectivity index (χ3n) is 4.19. The second-order valence-electron chi connectivity index (χ2n) is 7.04. The van der Waals surface area contributed by atoms with E-state index < -0.39 is 30.1 Å². The summed E-state index contributed by atoms with van der Waals surface area (Å²) in [6.45, 7) is 0. The van der Waals surface area contributed by atoms with Gasteiger partial charge in [0, 0.05) is 25.3 Å². The number of hydrogen-bond donors (Lipinski definition) is 1. The highest BCUT2D eigenvalue weighted by Crippen LogP contribution is 2.36. The van der Waals surface area contributed by atoms with E-state index in [-0.39, 0.29) is 22.7 Å². The van der Waals surface area contributed by atoms with Crippen LogP contribution in [0.1, 0.15) is 15.9 Å². The fraction of sp³-hybridized carbons (Fsp3) is 0.227. The molecule has 0 fully saturated rings. The summed E-state index contributed by atoms with van der Waals surface area (Å²) in [5, 5.41) is 11.7. The molecule has 1 unspecified atom stereocenters. The van der Waals surface area contributed by atoms with Crippen LogP contribution in [0.5, 0.6) is 5.75 Å². The fourth-order valence-electron chi connectivity index (χ4n) is 2.50. The molecule has 2 amide bonds. The van der Waals surface area contributed by atoms with Gasteiger partial charge in [-0.05, 0) is 48.0 Å². The summed E-state index contributed by atoms with van der Waals surface area (Å²) in [5.74, 6) is -1.82. The zero-order valence-corrected chi connectivity index (χ0v) is 17.7. The maximum atomic E-state index is 13.3. The molecule has 2 rings (SSSR count). The molecule has 0 bridgehead atoms. The van der Waals surface area contributed by atoms with Crippen LogP contribution in [0, 0.1) is 11.3 Å². The number of carbonyl (C=O) groups is 2. The van der Waals surface area contributed by atoms with Gasteiger partial charge in [0.1, 0.15) is 17.4 Å². The first kappa shape index (κ1) is 26.2. The van der Waals surface area contributed by atoms with E-state index in [1.807, 2.05) is 0 Å². The van der Waals surface area contributed by atoms with Crippen LogP contribution in [0.3, 0.4) is 0 Å². The molecule has 0 aliphatic carbocycles. The number of ether oxygens (including phenoxy) is 1. The highest BCUT2D eigenvalue weighted by atomic mass is 19.4. The average Bonchev–Trinajstić information content (AvgIpc) is 2.77. The molecular weight excluding hydrogens is 468 g/mol. The fourth-order valence-corrected chi connectivity index (χ4v) is 2.50. The molecule has 0 aliphatic heterocycles. The van der Waals surface area contributed by atoms with Crippen molar-refractivity contribution in [1.82, 2.24) is 4.90 Å². The van der Waals surface area contributed by atoms with E-state index in [1.54, 1.807) is 20.2 Å². The molecule has 12 heteroatoms. The van der Waals surface area contributed by atoms with Gasteiger partial charge in [-0.25, -0.2) is 4.39 Å². The van der Waals surface area contributed by atoms with Gasteiger partial charge >= 0.3 is 12.3 Å². The summed E-state index contributed by atoms with van der Waals surface area (Å²) in [6, 6.07) is 11.3. The van der Waals surface area contributed by atoms with Crippen LogP contribution >= 0.6 is 0 Å². The van der Waals surface area contributed by atoms with Crippen molar-refractivity contribution in [2.24, 2.45) is 0 Å². The largest absolute Gasteiger partial charge is 0.439 e. The highest BCUT2D eigenvalue weighted by molar-refractivity contribution is 6.09. The summed E-state index contributed by atoms with van der Waals surface area (Å²) < 4.78 is 80.0. The Morgan fingerprint density at radius 1 is 1.03 bits per heavy atom. The van der Waals surface area contributed by atoms with Crippen LogP contribution in [-0.4, -0.2) is 49.3 Å². The molecule has 0 saturated carbocycles. The Morgan fingerprint density at radius 2 is 1.59 bits per heavy atom. The van der Waals surface area contributed by atoms with Crippen molar-refractivity contribution < 1.29 is 40.7 Å². The van der Waals surface area contributed by atoms with Crippen LogP contribution in [-0.2, 0) is 4.79 Å². The maximum Gasteiger partial charge on any atom is 0.439 e. The van der Waals surface area contributed by atoms with Crippen molar-refractivity contribution in [2.45, 2.75) is 18.5 Å². The number of nitrogens with zero attached hydrogens (tertiary/aromatic N) is 2. The van der Waals surface area contributed by atoms with Gasteiger partial charge in [0.15, 0.2) is 0 Å². The molecule has 1 N–H and O–H groups in total. The lowest BCUT2D eigenvalue weighted by Crippen LogP contribution is -2.45. The summed E-state index contributed by atoms with van der Waals surface area (Å²) in [4.78, 5) is 25.6. The molecule has 1 atom stereocenters. The Kier molecular flexibility index (Phi) is 7.94. The van der Waals surface area contributed by atoms with E-state index in [9.17, 15) is 41.2 Å². The van der Waals surface area contributed by atoms with E-state index in [0.717, 1.165) is 30.3 Å². The van der Waals surface area contributed by atoms with Crippen LogP contribution in [0.15, 0.2) is 54.1 Å². The van der Waals surface area contributed by atoms with Gasteiger partial charge in [0.25, 0.3) is 18.0 Å². The molecule has 0 aromatic heterocycles. The third-order valence-corrected chi connectivity index (χ3v) is 4.19. The molecule has 0 spiro atoms. The summed E-state index contributed by atoms with van der Waals surface area (Å²) in [5.41, 5.74) is 0.439. The van der Waals surface area contributed by atoms with Crippen LogP contribution < -0.4 is 10.1 Å². The predicted octanol–water partition coefficient (Wildman–Crippen LogP) is 4.81. The van der Waals surface area contributed by atoms with Crippen molar-refractivity contribution in [1.29, 1.82) is 5.26 Å². The number of carbonyl (C=O) groups excluding carboxylic acids is 2. The standard InChI is InChI=1S/C22H17F6N3O3/c1-31(2)19(33)14-5-7-16(8-6-14)30-18(32)15(12-29)11-13-3-9-17(10-4-13)34-22(27,28)20(23)21(24,25)26/h3-11,20H,1-2H3,(H,30,32)/b15-11+. The normalized spacial score (nSPS) is 13.0. The van der Waals surface area contributed by atoms with Gasteiger partial charge in [-0.15, -0.1) is 0 Å². The molecule has 6 nitrogen and oxygen atoms in total. The summed E-state index contributed by atoms with van der Waals surface area (Å²) in [7, 11) is 3.15. The number of halogens is 6. The first-order valence-corrected chi connectivity index (χ1v) is 9.37. The van der Waals surface area contributed by atoms with Crippen LogP contribution in [0.25, 0.3) is 6.08 Å². The quantitative estimate of drug-likeness (QED) is 0.347. The van der Waals surface area contributed by atoms with E-state index in [1.165, 1.54) is 29.2 Å². The van der Waals surface area contributed by atoms with Crippen LogP contribution in [0.2, 0.25) is 0 Å². The van der Waals surface area contributed by atoms with Gasteiger partial charge in [-0.2, -0.15) is 27.2 Å². The number of nitrogens with one attached hydrogen (secondary N) is 1. The number of anilines is 1. The van der Waals surface area contributed by atoms with Crippen molar-refractivity contribution in [2.75, 3.05) is 19.4 Å². The molecule has 2 aromatic rings. The Labute approximate surface area is 190 Å². The number of rotatable bonds is 7. The second-order valence-corrected chi connectivity index (χ2v) is 7.04. The van der Waals surface area contributed by atoms with Gasteiger partial charge in [0.05, 0.1) is 0 Å². The Morgan fingerprint density at radius 3 is 2.06 bits per heavy atom. The zero-order chi connectivity index (χ0) is 25.7. The number of hydrogen-bond acceptors (Lipinski definition) is 4. The molecule has 0 saturated heterocycles. The monoisotopic (exact) mass is 485 g/mol. The van der Waals surface area contributed by atoms with E-state index in [2.05, 4.69) is 10.1 Å². The molecule has 34 heavy (non-hydrogen) atoms. The molecule has 0 radical (unpaired) electrons. The zero-order valence-electron chi connectivity index (χ0n) is 17.7. The Bertz CT molecular complexity index is 1100. The van der Waals surface area contributed by atoms with Gasteiger partial charge in [0.2, 0.25) is 0 Å².